The van der Waals surface area contributed by atoms with E-state index in [2.05, 4.69) is 15.9 Å². The third kappa shape index (κ3) is 2.83. The maximum Gasteiger partial charge on any atom is 0.198 e. The van der Waals surface area contributed by atoms with Crippen LogP contribution in [-0.2, 0) is 0 Å². The molecule has 0 fully saturated rings. The molecule has 0 N–H and O–H groups in total. The number of ether oxygens (including phenoxy) is 1. The molecular weight excluding hydrogens is 342 g/mol. The normalized spacial score (nSPS) is 10.6. The van der Waals surface area contributed by atoms with Crippen LogP contribution in [0.25, 0.3) is 0 Å². The van der Waals surface area contributed by atoms with Gasteiger partial charge in [0.1, 0.15) is 5.75 Å². The lowest BCUT2D eigenvalue weighted by molar-refractivity contribution is 0.103. The topological polar surface area (TPSA) is 26.3 Å². The monoisotopic (exact) mass is 354 g/mol. The average Bonchev–Trinajstić information content (AvgIpc) is 2.43. The zero-order valence-electron chi connectivity index (χ0n) is 11.8. The molecular formula is C16H13BrF2O2. The lowest BCUT2D eigenvalue weighted by Crippen LogP contribution is -2.09. The van der Waals surface area contributed by atoms with Crippen LogP contribution in [0.15, 0.2) is 28.7 Å². The summed E-state index contributed by atoms with van der Waals surface area (Å²) in [5.74, 6) is -2.10. The van der Waals surface area contributed by atoms with Crippen LogP contribution in [-0.4, -0.2) is 12.9 Å². The SMILES string of the molecule is COc1cc(C)cc(C)c1C(=O)c1ccc(F)c(F)c1Br. The molecule has 0 amide bonds. The predicted molar refractivity (Wildman–Crippen MR) is 80.0 cm³/mol. The zero-order valence-corrected chi connectivity index (χ0v) is 13.3. The van der Waals surface area contributed by atoms with Crippen LogP contribution in [0.5, 0.6) is 5.75 Å². The number of methoxy groups -OCH3 is 1. The number of aryl methyl sites for hydroxylation is 2. The summed E-state index contributed by atoms with van der Waals surface area (Å²) in [4.78, 5) is 12.6. The summed E-state index contributed by atoms with van der Waals surface area (Å²) in [5, 5.41) is 0. The second kappa shape index (κ2) is 5.93. The Labute approximate surface area is 129 Å². The Hall–Kier alpha value is -1.75. The molecule has 0 unspecified atom stereocenters. The number of hydrogen-bond donors (Lipinski definition) is 0. The van der Waals surface area contributed by atoms with Crippen LogP contribution >= 0.6 is 15.9 Å². The van der Waals surface area contributed by atoms with Crippen molar-refractivity contribution in [1.29, 1.82) is 0 Å². The molecule has 2 rings (SSSR count). The Morgan fingerprint density at radius 1 is 1.19 bits per heavy atom. The van der Waals surface area contributed by atoms with Crippen molar-refractivity contribution in [3.63, 3.8) is 0 Å². The number of halogens is 3. The van der Waals surface area contributed by atoms with Crippen molar-refractivity contribution in [3.8, 4) is 5.75 Å². The van der Waals surface area contributed by atoms with E-state index >= 15 is 0 Å². The van der Waals surface area contributed by atoms with Gasteiger partial charge in [-0.3, -0.25) is 4.79 Å². The van der Waals surface area contributed by atoms with Gasteiger partial charge in [0.05, 0.1) is 17.1 Å². The van der Waals surface area contributed by atoms with Crippen LogP contribution in [0.3, 0.4) is 0 Å². The molecule has 0 saturated heterocycles. The fraction of sp³-hybridized carbons (Fsp3) is 0.188. The van der Waals surface area contributed by atoms with Crippen molar-refractivity contribution in [2.24, 2.45) is 0 Å². The second-order valence-electron chi connectivity index (χ2n) is 4.71. The molecule has 0 aliphatic heterocycles. The second-order valence-corrected chi connectivity index (χ2v) is 5.50. The van der Waals surface area contributed by atoms with E-state index in [4.69, 9.17) is 4.74 Å². The summed E-state index contributed by atoms with van der Waals surface area (Å²) in [7, 11) is 1.46. The highest BCUT2D eigenvalue weighted by Crippen LogP contribution is 2.31. The average molecular weight is 355 g/mol. The molecule has 110 valence electrons. The molecule has 21 heavy (non-hydrogen) atoms. The van der Waals surface area contributed by atoms with Gasteiger partial charge in [0.25, 0.3) is 0 Å². The van der Waals surface area contributed by atoms with Gasteiger partial charge in [-0.15, -0.1) is 0 Å². The Morgan fingerprint density at radius 2 is 1.86 bits per heavy atom. The summed E-state index contributed by atoms with van der Waals surface area (Å²) in [6.45, 7) is 3.66. The molecule has 0 bridgehead atoms. The van der Waals surface area contributed by atoms with Crippen LogP contribution in [0.4, 0.5) is 8.78 Å². The van der Waals surface area contributed by atoms with Crippen molar-refractivity contribution >= 4 is 21.7 Å². The molecule has 2 aromatic carbocycles. The van der Waals surface area contributed by atoms with Crippen molar-refractivity contribution in [3.05, 3.63) is 62.6 Å². The molecule has 0 aromatic heterocycles. The molecule has 0 radical (unpaired) electrons. The first kappa shape index (κ1) is 15.6. The first-order chi connectivity index (χ1) is 9.86. The van der Waals surface area contributed by atoms with Gasteiger partial charge >= 0.3 is 0 Å². The number of rotatable bonds is 3. The largest absolute Gasteiger partial charge is 0.496 e. The van der Waals surface area contributed by atoms with E-state index in [-0.39, 0.29) is 10.0 Å². The number of ketones is 1. The molecule has 0 atom stereocenters. The van der Waals surface area contributed by atoms with Gasteiger partial charge in [-0.25, -0.2) is 8.78 Å². The number of benzene rings is 2. The van der Waals surface area contributed by atoms with E-state index in [1.54, 1.807) is 13.0 Å². The van der Waals surface area contributed by atoms with Gasteiger partial charge in [0.15, 0.2) is 17.4 Å². The van der Waals surface area contributed by atoms with Crippen molar-refractivity contribution in [2.45, 2.75) is 13.8 Å². The molecule has 0 aliphatic carbocycles. The summed E-state index contributed by atoms with van der Waals surface area (Å²) in [6, 6.07) is 5.75. The quantitative estimate of drug-likeness (QED) is 0.595. The van der Waals surface area contributed by atoms with Crippen LogP contribution in [0.1, 0.15) is 27.0 Å². The first-order valence-electron chi connectivity index (χ1n) is 6.20. The zero-order chi connectivity index (χ0) is 15.7. The van der Waals surface area contributed by atoms with Crippen LogP contribution in [0.2, 0.25) is 0 Å². The van der Waals surface area contributed by atoms with Crippen molar-refractivity contribution in [2.75, 3.05) is 7.11 Å². The smallest absolute Gasteiger partial charge is 0.198 e. The van der Waals surface area contributed by atoms with E-state index < -0.39 is 17.4 Å². The maximum atomic E-state index is 13.6. The fourth-order valence-corrected chi connectivity index (χ4v) is 2.72. The van der Waals surface area contributed by atoms with Crippen molar-refractivity contribution in [1.82, 2.24) is 0 Å². The first-order valence-corrected chi connectivity index (χ1v) is 6.99. The van der Waals surface area contributed by atoms with Gasteiger partial charge in [-0.2, -0.15) is 0 Å². The van der Waals surface area contributed by atoms with Crippen molar-refractivity contribution < 1.29 is 18.3 Å². The van der Waals surface area contributed by atoms with E-state index in [1.165, 1.54) is 13.2 Å². The Bertz CT molecular complexity index is 727. The Balaban J connectivity index is 2.63. The minimum atomic E-state index is -1.08. The fourth-order valence-electron chi connectivity index (χ4n) is 2.22. The highest BCUT2D eigenvalue weighted by molar-refractivity contribution is 9.10. The molecule has 0 heterocycles. The van der Waals surface area contributed by atoms with Gasteiger partial charge in [-0.05, 0) is 59.1 Å². The van der Waals surface area contributed by atoms with E-state index in [0.29, 0.717) is 16.9 Å². The molecule has 0 aliphatic rings. The number of carbonyl (C=O) groups excluding carboxylic acids is 1. The van der Waals surface area contributed by atoms with Gasteiger partial charge in [0, 0.05) is 5.56 Å². The van der Waals surface area contributed by atoms with Crippen LogP contribution < -0.4 is 4.74 Å². The Kier molecular flexibility index (Phi) is 4.42. The number of carbonyl (C=O) groups is 1. The lowest BCUT2D eigenvalue weighted by Gasteiger charge is -2.13. The summed E-state index contributed by atoms with van der Waals surface area (Å²) in [5.41, 5.74) is 2.06. The summed E-state index contributed by atoms with van der Waals surface area (Å²) < 4.78 is 31.8. The lowest BCUT2D eigenvalue weighted by atomic mass is 9.96. The summed E-state index contributed by atoms with van der Waals surface area (Å²) in [6.07, 6.45) is 0. The third-order valence-electron chi connectivity index (χ3n) is 3.17. The van der Waals surface area contributed by atoms with E-state index in [0.717, 1.165) is 11.6 Å². The minimum Gasteiger partial charge on any atom is -0.496 e. The summed E-state index contributed by atoms with van der Waals surface area (Å²) >= 11 is 2.94. The van der Waals surface area contributed by atoms with E-state index in [1.807, 2.05) is 13.0 Å². The van der Waals surface area contributed by atoms with Gasteiger partial charge in [0.2, 0.25) is 0 Å². The highest BCUT2D eigenvalue weighted by atomic mass is 79.9. The van der Waals surface area contributed by atoms with Crippen LogP contribution in [0, 0.1) is 25.5 Å². The molecule has 5 heteroatoms. The third-order valence-corrected chi connectivity index (χ3v) is 3.95. The van der Waals surface area contributed by atoms with E-state index in [9.17, 15) is 13.6 Å². The predicted octanol–water partition coefficient (Wildman–Crippen LogP) is 4.58. The molecule has 2 nitrogen and oxygen atoms in total. The number of hydrogen-bond acceptors (Lipinski definition) is 2. The molecule has 2 aromatic rings. The molecule has 0 saturated carbocycles. The standard InChI is InChI=1S/C16H13BrF2O2/c1-8-6-9(2)13(12(7-8)21-3)16(20)10-4-5-11(18)15(19)14(10)17/h4-7H,1-3H3. The van der Waals surface area contributed by atoms with Gasteiger partial charge < -0.3 is 4.74 Å². The minimum absolute atomic E-state index is 0.0548. The highest BCUT2D eigenvalue weighted by Gasteiger charge is 2.22. The maximum absolute atomic E-state index is 13.6. The molecule has 0 spiro atoms. The van der Waals surface area contributed by atoms with Gasteiger partial charge in [-0.1, -0.05) is 6.07 Å². The Morgan fingerprint density at radius 3 is 2.48 bits per heavy atom.